The highest BCUT2D eigenvalue weighted by Gasteiger charge is 2.41. The molecule has 1 heteroatoms. The van der Waals surface area contributed by atoms with Crippen molar-refractivity contribution < 1.29 is 0 Å². The van der Waals surface area contributed by atoms with Crippen LogP contribution in [-0.2, 0) is 38.5 Å². The molecule has 0 aromatic heterocycles. The molecule has 0 aliphatic carbocycles. The molecule has 3 aromatic carbocycles. The van der Waals surface area contributed by atoms with Gasteiger partial charge in [-0.25, -0.2) is 0 Å². The molecule has 3 rings (SSSR count). The maximum atomic E-state index is 5.80. The van der Waals surface area contributed by atoms with Gasteiger partial charge in [-0.15, -0.1) is 12.0 Å². The van der Waals surface area contributed by atoms with E-state index in [1.165, 1.54) is 38.9 Å². The van der Waals surface area contributed by atoms with Crippen molar-refractivity contribution in [1.82, 2.24) is 0 Å². The van der Waals surface area contributed by atoms with Gasteiger partial charge in [0.05, 0.1) is 0 Å². The SMILES string of the molecule is C#Cc1cc(CC)c(C#Cc2cc(CC)c(C#Cc3cc(CC)c(C#C[Si](C(C)C)(C(C)C)C(C)C)cc3CC)cc2CC)cc1CC. The van der Waals surface area contributed by atoms with Crippen LogP contribution >= 0.6 is 0 Å². The van der Waals surface area contributed by atoms with Crippen molar-refractivity contribution in [2.24, 2.45) is 0 Å². The quantitative estimate of drug-likeness (QED) is 0.160. The predicted octanol–water partition coefficient (Wildman–Crippen LogP) is 11.4. The summed E-state index contributed by atoms with van der Waals surface area (Å²) in [5, 5.41) is 0. The van der Waals surface area contributed by atoms with Crippen molar-refractivity contribution in [3.63, 3.8) is 0 Å². The molecule has 0 amide bonds. The molecular weight excluding hydrogens is 593 g/mol. The Morgan fingerprint density at radius 2 is 0.646 bits per heavy atom. The fraction of sp³-hybridized carbons (Fsp3) is 0.447. The van der Waals surface area contributed by atoms with Crippen molar-refractivity contribution in [3.8, 4) is 47.5 Å². The summed E-state index contributed by atoms with van der Waals surface area (Å²) in [5.74, 6) is 20.9. The van der Waals surface area contributed by atoms with Crippen LogP contribution < -0.4 is 0 Å². The Balaban J connectivity index is 2.11. The highest BCUT2D eigenvalue weighted by atomic mass is 28.3. The highest BCUT2D eigenvalue weighted by Crippen LogP contribution is 2.41. The fourth-order valence-electron chi connectivity index (χ4n) is 7.42. The van der Waals surface area contributed by atoms with Gasteiger partial charge in [0, 0.05) is 33.4 Å². The maximum absolute atomic E-state index is 5.80. The van der Waals surface area contributed by atoms with Crippen LogP contribution in [0.1, 0.15) is 150 Å². The monoisotopic (exact) mass is 650 g/mol. The van der Waals surface area contributed by atoms with Crippen molar-refractivity contribution in [1.29, 1.82) is 0 Å². The van der Waals surface area contributed by atoms with Gasteiger partial charge in [0.1, 0.15) is 8.07 Å². The van der Waals surface area contributed by atoms with E-state index in [9.17, 15) is 0 Å². The van der Waals surface area contributed by atoms with E-state index < -0.39 is 8.07 Å². The molecule has 0 unspecified atom stereocenters. The summed E-state index contributed by atoms with van der Waals surface area (Å²) in [6.45, 7) is 27.5. The van der Waals surface area contributed by atoms with Gasteiger partial charge in [0.25, 0.3) is 0 Å². The lowest BCUT2D eigenvalue weighted by Crippen LogP contribution is -2.43. The lowest BCUT2D eigenvalue weighted by Gasteiger charge is -2.38. The van der Waals surface area contributed by atoms with Gasteiger partial charge in [-0.3, -0.25) is 0 Å². The molecule has 0 nitrogen and oxygen atoms in total. The Morgan fingerprint density at radius 1 is 0.417 bits per heavy atom. The van der Waals surface area contributed by atoms with Crippen LogP contribution in [0, 0.1) is 47.5 Å². The van der Waals surface area contributed by atoms with Crippen LogP contribution in [0.4, 0.5) is 0 Å². The van der Waals surface area contributed by atoms with Gasteiger partial charge in [0.15, 0.2) is 0 Å². The molecule has 0 saturated carbocycles. The summed E-state index contributed by atoms with van der Waals surface area (Å²) in [6, 6.07) is 13.5. The van der Waals surface area contributed by atoms with E-state index in [-0.39, 0.29) is 0 Å². The molecule has 0 bridgehead atoms. The first kappa shape index (κ1) is 38.6. The molecule has 0 saturated heterocycles. The van der Waals surface area contributed by atoms with Crippen molar-refractivity contribution in [2.75, 3.05) is 0 Å². The number of hydrogen-bond acceptors (Lipinski definition) is 0. The van der Waals surface area contributed by atoms with Crippen LogP contribution in [0.25, 0.3) is 0 Å². The molecule has 0 aliphatic rings. The van der Waals surface area contributed by atoms with Crippen molar-refractivity contribution >= 4 is 8.07 Å². The Hall–Kier alpha value is -3.88. The molecule has 0 fully saturated rings. The average molecular weight is 651 g/mol. The molecule has 0 atom stereocenters. The molecule has 48 heavy (non-hydrogen) atoms. The second-order valence-corrected chi connectivity index (χ2v) is 19.5. The number of terminal acetylenes is 1. The second kappa shape index (κ2) is 17.5. The van der Waals surface area contributed by atoms with E-state index in [0.29, 0.717) is 16.6 Å². The summed E-state index contributed by atoms with van der Waals surface area (Å²) in [6.07, 6.45) is 11.3. The zero-order valence-corrected chi connectivity index (χ0v) is 33.0. The average Bonchev–Trinajstić information content (AvgIpc) is 3.08. The largest absolute Gasteiger partial charge is 0.146 e. The Morgan fingerprint density at radius 3 is 0.875 bits per heavy atom. The van der Waals surface area contributed by atoms with E-state index in [1.54, 1.807) is 0 Å². The van der Waals surface area contributed by atoms with Crippen LogP contribution in [0.5, 0.6) is 0 Å². The summed E-state index contributed by atoms with van der Waals surface area (Å²) in [7, 11) is -1.82. The molecule has 3 aromatic rings. The van der Waals surface area contributed by atoms with Gasteiger partial charge in [-0.1, -0.05) is 119 Å². The van der Waals surface area contributed by atoms with Crippen LogP contribution in [0.3, 0.4) is 0 Å². The Kier molecular flexibility index (Phi) is 14.1. The van der Waals surface area contributed by atoms with Crippen LogP contribution in [-0.4, -0.2) is 8.07 Å². The maximum Gasteiger partial charge on any atom is 0.146 e. The first-order valence-corrected chi connectivity index (χ1v) is 20.7. The van der Waals surface area contributed by atoms with Gasteiger partial charge in [0.2, 0.25) is 0 Å². The zero-order chi connectivity index (χ0) is 35.6. The van der Waals surface area contributed by atoms with E-state index in [4.69, 9.17) is 6.42 Å². The number of rotatable bonds is 9. The van der Waals surface area contributed by atoms with E-state index >= 15 is 0 Å². The van der Waals surface area contributed by atoms with Gasteiger partial charge >= 0.3 is 0 Å². The second-order valence-electron chi connectivity index (χ2n) is 13.9. The smallest absolute Gasteiger partial charge is 0.125 e. The fourth-order valence-corrected chi connectivity index (χ4v) is 12.6. The molecule has 0 spiro atoms. The summed E-state index contributed by atoms with van der Waals surface area (Å²) in [4.78, 5) is 0. The van der Waals surface area contributed by atoms with Crippen molar-refractivity contribution in [3.05, 3.63) is 103 Å². The molecule has 0 heterocycles. The third-order valence-corrected chi connectivity index (χ3v) is 16.7. The van der Waals surface area contributed by atoms with Gasteiger partial charge in [-0.2, -0.15) is 0 Å². The standard InChI is InChI=1S/C47H58Si/c1-14-36-27-38(16-3)43(28-37(36)15-2)21-22-44-29-40(18-5)45(30-39(44)17-4)23-24-46-31-42(20-7)47(32-41(46)19-6)25-26-48(33(8)9,34(10)11)35(12)13/h1,27-35H,15-20H2,2-13H3. The lowest BCUT2D eigenvalue weighted by molar-refractivity contribution is 0.838. The van der Waals surface area contributed by atoms with E-state index in [0.717, 1.165) is 66.3 Å². The van der Waals surface area contributed by atoms with Gasteiger partial charge < -0.3 is 0 Å². The predicted molar refractivity (Wildman–Crippen MR) is 213 cm³/mol. The van der Waals surface area contributed by atoms with Crippen LogP contribution in [0.2, 0.25) is 16.6 Å². The Bertz CT molecular complexity index is 1820. The molecular formula is C47H58Si. The first-order valence-electron chi connectivity index (χ1n) is 18.4. The number of hydrogen-bond donors (Lipinski definition) is 0. The zero-order valence-electron chi connectivity index (χ0n) is 32.0. The minimum atomic E-state index is -1.82. The molecule has 250 valence electrons. The first-order chi connectivity index (χ1) is 22.9. The summed E-state index contributed by atoms with van der Waals surface area (Å²) < 4.78 is 0. The van der Waals surface area contributed by atoms with E-state index in [2.05, 4.69) is 161 Å². The van der Waals surface area contributed by atoms with Gasteiger partial charge in [-0.05, 0) is 125 Å². The summed E-state index contributed by atoms with van der Waals surface area (Å²) >= 11 is 0. The number of benzene rings is 3. The molecule has 0 radical (unpaired) electrons. The minimum absolute atomic E-state index is 0.618. The minimum Gasteiger partial charge on any atom is -0.125 e. The Labute approximate surface area is 296 Å². The topological polar surface area (TPSA) is 0 Å². The van der Waals surface area contributed by atoms with E-state index in [1.807, 2.05) is 0 Å². The summed E-state index contributed by atoms with van der Waals surface area (Å²) in [5.41, 5.74) is 19.8. The lowest BCUT2D eigenvalue weighted by atomic mass is 9.93. The highest BCUT2D eigenvalue weighted by molar-refractivity contribution is 6.90. The molecule has 0 N–H and O–H groups in total. The number of aryl methyl sites for hydroxylation is 6. The van der Waals surface area contributed by atoms with Crippen molar-refractivity contribution in [2.45, 2.75) is 138 Å². The van der Waals surface area contributed by atoms with Crippen LogP contribution in [0.15, 0.2) is 36.4 Å². The molecule has 0 aliphatic heterocycles. The third kappa shape index (κ3) is 8.39. The normalized spacial score (nSPS) is 11.0. The third-order valence-electron chi connectivity index (χ3n) is 10.4.